The molecule has 5 nitrogen and oxygen atoms in total. The zero-order valence-electron chi connectivity index (χ0n) is 9.15. The molecule has 1 aliphatic heterocycles. The number of rotatable bonds is 4. The third-order valence-corrected chi connectivity index (χ3v) is 2.57. The summed E-state index contributed by atoms with van der Waals surface area (Å²) in [6.07, 6.45) is 1.47. The molecule has 1 aliphatic rings. The molecule has 0 aromatic carbocycles. The van der Waals surface area contributed by atoms with Gasteiger partial charge in [-0.1, -0.05) is 0 Å². The van der Waals surface area contributed by atoms with Crippen LogP contribution in [-0.2, 0) is 4.74 Å². The first-order valence-corrected chi connectivity index (χ1v) is 5.50. The normalized spacial score (nSPS) is 17.2. The molecule has 2 heterocycles. The Labute approximate surface area is 94.4 Å². The molecule has 2 rings (SSSR count). The fourth-order valence-corrected chi connectivity index (χ4v) is 1.67. The number of carbonyl (C=O) groups is 1. The molecule has 1 aromatic heterocycles. The van der Waals surface area contributed by atoms with Crippen LogP contribution in [0.5, 0.6) is 0 Å². The number of ether oxygens (including phenoxy) is 1. The van der Waals surface area contributed by atoms with E-state index in [-0.39, 0.29) is 11.7 Å². The van der Waals surface area contributed by atoms with Gasteiger partial charge in [0, 0.05) is 32.7 Å². The van der Waals surface area contributed by atoms with Crippen molar-refractivity contribution in [1.29, 1.82) is 0 Å². The molecule has 5 heteroatoms. The van der Waals surface area contributed by atoms with Gasteiger partial charge in [-0.25, -0.2) is 4.79 Å². The molecule has 0 saturated carbocycles. The van der Waals surface area contributed by atoms with E-state index in [1.165, 1.54) is 6.26 Å². The first kappa shape index (κ1) is 11.2. The average molecular weight is 224 g/mol. The Morgan fingerprint density at radius 2 is 2.31 bits per heavy atom. The van der Waals surface area contributed by atoms with E-state index >= 15 is 0 Å². The smallest absolute Gasteiger partial charge is 0.374 e. The summed E-state index contributed by atoms with van der Waals surface area (Å²) < 4.78 is 10.0. The lowest BCUT2D eigenvalue weighted by atomic mass is 10.3. The predicted molar refractivity (Wildman–Crippen MR) is 58.3 cm³/mol. The molecule has 0 spiro atoms. The Bertz CT molecular complexity index is 318. The highest BCUT2D eigenvalue weighted by molar-refractivity contribution is 5.86. The Balaban J connectivity index is 1.66. The summed E-state index contributed by atoms with van der Waals surface area (Å²) in [5.41, 5.74) is 0. The largest absolute Gasteiger partial charge is 0.458 e. The predicted octanol–water partition coefficient (Wildman–Crippen LogP) is 0.342. The van der Waals surface area contributed by atoms with Crippen molar-refractivity contribution >= 4 is 5.97 Å². The molecule has 1 aromatic rings. The van der Waals surface area contributed by atoms with Gasteiger partial charge in [-0.15, -0.1) is 0 Å². The maximum absolute atomic E-state index is 11.4. The minimum atomic E-state index is -0.389. The first-order valence-electron chi connectivity index (χ1n) is 5.50. The van der Waals surface area contributed by atoms with Crippen LogP contribution in [0.1, 0.15) is 10.6 Å². The van der Waals surface area contributed by atoms with E-state index in [1.54, 1.807) is 12.1 Å². The maximum atomic E-state index is 11.4. The maximum Gasteiger partial charge on any atom is 0.374 e. The van der Waals surface area contributed by atoms with Gasteiger partial charge in [0.1, 0.15) is 6.61 Å². The summed E-state index contributed by atoms with van der Waals surface area (Å²) in [7, 11) is 0. The zero-order valence-corrected chi connectivity index (χ0v) is 9.15. The highest BCUT2D eigenvalue weighted by Gasteiger charge is 2.12. The van der Waals surface area contributed by atoms with E-state index < -0.39 is 0 Å². The van der Waals surface area contributed by atoms with Crippen LogP contribution >= 0.6 is 0 Å². The standard InChI is InChI=1S/C11H16N2O3/c14-11(10-2-1-8-15-10)16-9-7-13-5-3-12-4-6-13/h1-2,8,12H,3-7,9H2. The van der Waals surface area contributed by atoms with Gasteiger partial charge in [-0.05, 0) is 12.1 Å². The fourth-order valence-electron chi connectivity index (χ4n) is 1.67. The van der Waals surface area contributed by atoms with Gasteiger partial charge >= 0.3 is 5.97 Å². The van der Waals surface area contributed by atoms with Crippen LogP contribution < -0.4 is 5.32 Å². The first-order chi connectivity index (χ1) is 7.86. The van der Waals surface area contributed by atoms with Gasteiger partial charge in [0.2, 0.25) is 5.76 Å². The second kappa shape index (κ2) is 5.67. The van der Waals surface area contributed by atoms with Gasteiger partial charge in [-0.3, -0.25) is 4.90 Å². The van der Waals surface area contributed by atoms with Crippen LogP contribution in [0.2, 0.25) is 0 Å². The average Bonchev–Trinajstić information content (AvgIpc) is 2.84. The van der Waals surface area contributed by atoms with Gasteiger partial charge in [0.25, 0.3) is 0 Å². The summed E-state index contributed by atoms with van der Waals surface area (Å²) in [4.78, 5) is 13.7. The Morgan fingerprint density at radius 1 is 1.50 bits per heavy atom. The molecule has 0 unspecified atom stereocenters. The van der Waals surface area contributed by atoms with Gasteiger partial charge in [-0.2, -0.15) is 0 Å². The summed E-state index contributed by atoms with van der Waals surface area (Å²) in [6.45, 7) is 5.24. The highest BCUT2D eigenvalue weighted by Crippen LogP contribution is 2.02. The zero-order chi connectivity index (χ0) is 11.2. The lowest BCUT2D eigenvalue weighted by Gasteiger charge is -2.26. The number of carbonyl (C=O) groups excluding carboxylic acids is 1. The number of nitrogens with zero attached hydrogens (tertiary/aromatic N) is 1. The van der Waals surface area contributed by atoms with E-state index in [2.05, 4.69) is 10.2 Å². The Morgan fingerprint density at radius 3 is 3.00 bits per heavy atom. The molecular weight excluding hydrogens is 208 g/mol. The van der Waals surface area contributed by atoms with Crippen LogP contribution in [-0.4, -0.2) is 50.2 Å². The molecule has 0 atom stereocenters. The van der Waals surface area contributed by atoms with Crippen LogP contribution in [0.15, 0.2) is 22.8 Å². The molecule has 0 radical (unpaired) electrons. The second-order valence-corrected chi connectivity index (χ2v) is 3.70. The summed E-state index contributed by atoms with van der Waals surface area (Å²) in [5, 5.41) is 3.27. The summed E-state index contributed by atoms with van der Waals surface area (Å²) in [5.74, 6) is -0.125. The van der Waals surface area contributed by atoms with Crippen molar-refractivity contribution < 1.29 is 13.9 Å². The van der Waals surface area contributed by atoms with E-state index in [0.717, 1.165) is 32.7 Å². The topological polar surface area (TPSA) is 54.7 Å². The van der Waals surface area contributed by atoms with Crippen molar-refractivity contribution in [3.05, 3.63) is 24.2 Å². The van der Waals surface area contributed by atoms with E-state index in [0.29, 0.717) is 6.61 Å². The number of piperazine rings is 1. The van der Waals surface area contributed by atoms with E-state index in [1.807, 2.05) is 0 Å². The second-order valence-electron chi connectivity index (χ2n) is 3.70. The molecule has 16 heavy (non-hydrogen) atoms. The Hall–Kier alpha value is -1.33. The van der Waals surface area contributed by atoms with E-state index in [4.69, 9.17) is 9.15 Å². The Kier molecular flexibility index (Phi) is 3.96. The monoisotopic (exact) mass is 224 g/mol. The number of hydrogen-bond donors (Lipinski definition) is 1. The van der Waals surface area contributed by atoms with Crippen molar-refractivity contribution in [3.63, 3.8) is 0 Å². The van der Waals surface area contributed by atoms with Crippen LogP contribution in [0.25, 0.3) is 0 Å². The van der Waals surface area contributed by atoms with Crippen molar-refractivity contribution in [1.82, 2.24) is 10.2 Å². The van der Waals surface area contributed by atoms with Crippen LogP contribution in [0.4, 0.5) is 0 Å². The number of nitrogens with one attached hydrogen (secondary N) is 1. The highest BCUT2D eigenvalue weighted by atomic mass is 16.5. The van der Waals surface area contributed by atoms with Crippen LogP contribution in [0, 0.1) is 0 Å². The molecule has 1 fully saturated rings. The third-order valence-electron chi connectivity index (χ3n) is 2.57. The fraction of sp³-hybridized carbons (Fsp3) is 0.545. The van der Waals surface area contributed by atoms with Crippen molar-refractivity contribution in [2.24, 2.45) is 0 Å². The van der Waals surface area contributed by atoms with Crippen LogP contribution in [0.3, 0.4) is 0 Å². The molecule has 88 valence electrons. The van der Waals surface area contributed by atoms with Crippen molar-refractivity contribution in [2.45, 2.75) is 0 Å². The molecule has 0 aliphatic carbocycles. The number of hydrogen-bond acceptors (Lipinski definition) is 5. The molecule has 1 N–H and O–H groups in total. The van der Waals surface area contributed by atoms with Crippen molar-refractivity contribution in [3.8, 4) is 0 Å². The molecular formula is C11H16N2O3. The van der Waals surface area contributed by atoms with Gasteiger partial charge in [0.15, 0.2) is 0 Å². The lowest BCUT2D eigenvalue weighted by molar-refractivity contribution is 0.0421. The minimum Gasteiger partial charge on any atom is -0.458 e. The van der Waals surface area contributed by atoms with Crippen molar-refractivity contribution in [2.75, 3.05) is 39.3 Å². The molecule has 0 bridgehead atoms. The minimum absolute atomic E-state index is 0.264. The third kappa shape index (κ3) is 3.08. The quantitative estimate of drug-likeness (QED) is 0.747. The van der Waals surface area contributed by atoms with Gasteiger partial charge in [0.05, 0.1) is 6.26 Å². The van der Waals surface area contributed by atoms with E-state index in [9.17, 15) is 4.79 Å². The number of esters is 1. The molecule has 1 saturated heterocycles. The summed E-state index contributed by atoms with van der Waals surface area (Å²) >= 11 is 0. The lowest BCUT2D eigenvalue weighted by Crippen LogP contribution is -2.44. The number of furan rings is 1. The summed E-state index contributed by atoms with van der Waals surface area (Å²) in [6, 6.07) is 3.28. The molecule has 0 amide bonds. The van der Waals surface area contributed by atoms with Gasteiger partial charge < -0.3 is 14.5 Å². The SMILES string of the molecule is O=C(OCCN1CCNCC1)c1ccco1.